The van der Waals surface area contributed by atoms with Crippen molar-refractivity contribution in [2.24, 2.45) is 0 Å². The Balaban J connectivity index is -0.000000101. The van der Waals surface area contributed by atoms with Gasteiger partial charge in [0.1, 0.15) is 0 Å². The van der Waals surface area contributed by atoms with Gasteiger partial charge in [0.25, 0.3) is 0 Å². The fourth-order valence-electron chi connectivity index (χ4n) is 0. The molecule has 0 aromatic carbocycles. The van der Waals surface area contributed by atoms with E-state index >= 15 is 0 Å². The van der Waals surface area contributed by atoms with Crippen molar-refractivity contribution in [1.82, 2.24) is 0 Å². The predicted octanol–water partition coefficient (Wildman–Crippen LogP) is 3.97. The zero-order valence-corrected chi connectivity index (χ0v) is 11.6. The zero-order valence-electron chi connectivity index (χ0n) is 6.24. The first-order valence-corrected chi connectivity index (χ1v) is 6.88. The van der Waals surface area contributed by atoms with Crippen LogP contribution >= 0.6 is 69.6 Å². The van der Waals surface area contributed by atoms with E-state index in [4.69, 9.17) is 69.6 Å². The second-order valence-corrected chi connectivity index (χ2v) is 6.68. The van der Waals surface area contributed by atoms with Gasteiger partial charge in [-0.25, -0.2) is 0 Å². The maximum Gasteiger partial charge on any atom is 0.180 e. The number of hydrogen-bond donors (Lipinski definition) is 0. The quantitative estimate of drug-likeness (QED) is 0.618. The van der Waals surface area contributed by atoms with Crippen molar-refractivity contribution < 1.29 is 4.21 Å². The summed E-state index contributed by atoms with van der Waals surface area (Å²) in [5.41, 5.74) is 0. The fraction of sp³-hybridized carbons (Fsp3) is 1.00. The number of alkyl halides is 6. The second kappa shape index (κ2) is 15.4. The van der Waals surface area contributed by atoms with Gasteiger partial charge in [0.15, 0.2) is 8.59 Å². The second-order valence-electron chi connectivity index (χ2n) is 1.24. The number of rotatable bonds is 0. The average Bonchev–Trinajstić information content (AvgIpc) is 1.54. The van der Waals surface area contributed by atoms with E-state index in [1.54, 1.807) is 12.5 Å². The van der Waals surface area contributed by atoms with Gasteiger partial charge in [0.2, 0.25) is 0 Å². The van der Waals surface area contributed by atoms with E-state index in [2.05, 4.69) is 0 Å². The fourth-order valence-corrected chi connectivity index (χ4v) is 0. The summed E-state index contributed by atoms with van der Waals surface area (Å²) in [7, 11) is -0.611. The van der Waals surface area contributed by atoms with E-state index in [1.807, 2.05) is 0 Å². The van der Waals surface area contributed by atoms with Gasteiger partial charge in [-0.15, -0.1) is 0 Å². The van der Waals surface area contributed by atoms with Gasteiger partial charge in [0.05, 0.1) is 0 Å². The first kappa shape index (κ1) is 19.5. The van der Waals surface area contributed by atoms with Crippen LogP contribution < -0.4 is 0 Å². The summed E-state index contributed by atoms with van der Waals surface area (Å²) in [6.45, 7) is 0. The molecule has 0 bridgehead atoms. The molecule has 0 radical (unpaired) electrons. The van der Waals surface area contributed by atoms with Crippen LogP contribution in [0.1, 0.15) is 0 Å². The Morgan fingerprint density at radius 1 is 0.833 bits per heavy atom. The third-order valence-corrected chi connectivity index (χ3v) is 0. The van der Waals surface area contributed by atoms with E-state index in [1.165, 1.54) is 0 Å². The van der Waals surface area contributed by atoms with Gasteiger partial charge >= 0.3 is 0 Å². The van der Waals surface area contributed by atoms with Gasteiger partial charge in [0, 0.05) is 23.3 Å². The standard InChI is InChI=1S/C2H6OS.2CHCl3/c1-4(2)3;2*2-1(3)4/h1-2H3;2*1H. The number of hydrogen-bond acceptors (Lipinski definition) is 1. The van der Waals surface area contributed by atoms with E-state index in [0.717, 1.165) is 0 Å². The Bertz CT molecular complexity index is 82.0. The summed E-state index contributed by atoms with van der Waals surface area (Å²) in [4.78, 5) is 0. The van der Waals surface area contributed by atoms with Gasteiger partial charge in [-0.2, -0.15) is 0 Å². The molecule has 0 aliphatic rings. The Kier molecular flexibility index (Phi) is 24.9. The topological polar surface area (TPSA) is 17.1 Å². The lowest BCUT2D eigenvalue weighted by atomic mass is 11.9. The molecule has 0 aliphatic carbocycles. The monoisotopic (exact) mass is 314 g/mol. The summed E-state index contributed by atoms with van der Waals surface area (Å²) < 4.78 is 8.06. The molecular weight excluding hydrogens is 309 g/mol. The van der Waals surface area contributed by atoms with Gasteiger partial charge < -0.3 is 0 Å². The molecule has 1 nitrogen and oxygen atoms in total. The van der Waals surface area contributed by atoms with Crippen LogP contribution in [0.25, 0.3) is 0 Å². The maximum atomic E-state index is 9.56. The lowest BCUT2D eigenvalue weighted by Crippen LogP contribution is -1.70. The molecule has 0 spiro atoms. The summed E-state index contributed by atoms with van der Waals surface area (Å²) in [5, 5.41) is 0. The smallest absolute Gasteiger partial charge is 0.180 e. The van der Waals surface area contributed by atoms with E-state index in [-0.39, 0.29) is 0 Å². The van der Waals surface area contributed by atoms with Crippen LogP contribution in [0.5, 0.6) is 0 Å². The molecule has 12 heavy (non-hydrogen) atoms. The zero-order chi connectivity index (χ0) is 10.7. The summed E-state index contributed by atoms with van der Waals surface area (Å²) in [6.07, 6.45) is 3.28. The van der Waals surface area contributed by atoms with Gasteiger partial charge in [-0.3, -0.25) is 4.21 Å². The average molecular weight is 317 g/mol. The van der Waals surface area contributed by atoms with Crippen LogP contribution in [-0.2, 0) is 10.8 Å². The third-order valence-electron chi connectivity index (χ3n) is 0. The highest BCUT2D eigenvalue weighted by atomic mass is 35.6. The van der Waals surface area contributed by atoms with E-state index in [9.17, 15) is 4.21 Å². The van der Waals surface area contributed by atoms with Crippen molar-refractivity contribution in [3.05, 3.63) is 0 Å². The molecule has 78 valence electrons. The van der Waals surface area contributed by atoms with E-state index < -0.39 is 19.4 Å². The van der Waals surface area contributed by atoms with Gasteiger partial charge in [-0.1, -0.05) is 69.6 Å². The normalized spacial score (nSPS) is 8.92. The molecule has 0 aromatic rings. The van der Waals surface area contributed by atoms with Crippen LogP contribution in [0.3, 0.4) is 0 Å². The highest BCUT2D eigenvalue weighted by molar-refractivity contribution is 7.83. The molecule has 0 saturated heterocycles. The van der Waals surface area contributed by atoms with Crippen LogP contribution in [0.2, 0.25) is 0 Å². The maximum absolute atomic E-state index is 9.56. The minimum absolute atomic E-state index is 0.611. The molecule has 0 aromatic heterocycles. The van der Waals surface area contributed by atoms with Crippen molar-refractivity contribution in [3.8, 4) is 0 Å². The Morgan fingerprint density at radius 2 is 0.833 bits per heavy atom. The minimum Gasteiger partial charge on any atom is -0.260 e. The summed E-state index contributed by atoms with van der Waals surface area (Å²) in [6, 6.07) is 0. The predicted molar refractivity (Wildman–Crippen MR) is 62.7 cm³/mol. The molecule has 0 fully saturated rings. The summed E-state index contributed by atoms with van der Waals surface area (Å²) >= 11 is 28.8. The molecular formula is C4H8Cl6OS. The van der Waals surface area contributed by atoms with Crippen molar-refractivity contribution in [2.45, 2.75) is 8.59 Å². The van der Waals surface area contributed by atoms with Crippen molar-refractivity contribution in [1.29, 1.82) is 0 Å². The van der Waals surface area contributed by atoms with E-state index in [0.29, 0.717) is 0 Å². The van der Waals surface area contributed by atoms with Crippen molar-refractivity contribution in [3.63, 3.8) is 0 Å². The molecule has 0 N–H and O–H groups in total. The minimum atomic E-state index is -0.750. The lowest BCUT2D eigenvalue weighted by Gasteiger charge is -1.69. The Labute approximate surface area is 105 Å². The first-order chi connectivity index (χ1) is 5.20. The Morgan fingerprint density at radius 3 is 0.833 bits per heavy atom. The molecule has 0 amide bonds. The molecule has 0 saturated carbocycles. The molecule has 0 rings (SSSR count). The largest absolute Gasteiger partial charge is 0.260 e. The highest BCUT2D eigenvalue weighted by Gasteiger charge is 1.79. The molecule has 0 atom stereocenters. The van der Waals surface area contributed by atoms with Crippen molar-refractivity contribution >= 4 is 80.4 Å². The summed E-state index contributed by atoms with van der Waals surface area (Å²) in [5.74, 6) is 0. The van der Waals surface area contributed by atoms with Crippen LogP contribution in [-0.4, -0.2) is 25.3 Å². The first-order valence-electron chi connectivity index (χ1n) is 2.29. The van der Waals surface area contributed by atoms with Gasteiger partial charge in [-0.05, 0) is 0 Å². The molecule has 0 heterocycles. The highest BCUT2D eigenvalue weighted by Crippen LogP contribution is 2.04. The van der Waals surface area contributed by atoms with Crippen LogP contribution in [0, 0.1) is 0 Å². The molecule has 8 heteroatoms. The third kappa shape index (κ3) is 395. The van der Waals surface area contributed by atoms with Crippen molar-refractivity contribution in [2.75, 3.05) is 12.5 Å². The Hall–Kier alpha value is 1.89. The van der Waals surface area contributed by atoms with Crippen LogP contribution in [0.4, 0.5) is 0 Å². The molecule has 0 aliphatic heterocycles. The number of halogens is 6. The molecule has 0 unspecified atom stereocenters. The SMILES string of the molecule is CS(C)=O.ClC(Cl)Cl.ClC(Cl)Cl. The van der Waals surface area contributed by atoms with Crippen LogP contribution in [0.15, 0.2) is 0 Å². The lowest BCUT2D eigenvalue weighted by molar-refractivity contribution is 0.690.